The van der Waals surface area contributed by atoms with Gasteiger partial charge in [-0.25, -0.2) is 4.98 Å². The van der Waals surface area contributed by atoms with E-state index in [0.717, 1.165) is 32.2 Å². The molecule has 108 valence electrons. The average Bonchev–Trinajstić information content (AvgIpc) is 3.31. The van der Waals surface area contributed by atoms with Gasteiger partial charge in [-0.1, -0.05) is 0 Å². The van der Waals surface area contributed by atoms with Gasteiger partial charge in [-0.3, -0.25) is 9.59 Å². The van der Waals surface area contributed by atoms with E-state index in [1.807, 2.05) is 4.90 Å². The van der Waals surface area contributed by atoms with Gasteiger partial charge in [-0.15, -0.1) is 0 Å². The molecule has 1 atom stereocenters. The maximum atomic E-state index is 12.4. The van der Waals surface area contributed by atoms with Crippen molar-refractivity contribution in [2.45, 2.75) is 31.7 Å². The molecule has 2 aliphatic rings. The molecule has 1 saturated heterocycles. The smallest absolute Gasteiger partial charge is 0.310 e. The fraction of sp³-hybridized carbons (Fsp3) is 0.643. The molecule has 0 bridgehead atoms. The Hall–Kier alpha value is -1.85. The lowest BCUT2D eigenvalue weighted by Crippen LogP contribution is -2.42. The molecule has 0 aromatic carbocycles. The minimum absolute atomic E-state index is 0.0412. The molecular weight excluding hydrogens is 258 g/mol. The number of aromatic nitrogens is 2. The number of carbonyl (C=O) groups excluding carboxylic acids is 1. The Kier molecular flexibility index (Phi) is 3.46. The second kappa shape index (κ2) is 5.26. The van der Waals surface area contributed by atoms with E-state index in [-0.39, 0.29) is 17.4 Å². The molecule has 1 unspecified atom stereocenters. The molecule has 0 radical (unpaired) electrons. The third-order valence-corrected chi connectivity index (χ3v) is 4.05. The number of ether oxygens (including phenoxy) is 1. The van der Waals surface area contributed by atoms with Gasteiger partial charge in [0.2, 0.25) is 0 Å². The van der Waals surface area contributed by atoms with Crippen molar-refractivity contribution in [3.63, 3.8) is 0 Å². The molecule has 1 aromatic heterocycles. The second-order valence-electron chi connectivity index (χ2n) is 5.50. The lowest BCUT2D eigenvalue weighted by molar-refractivity contribution is -0.145. The van der Waals surface area contributed by atoms with Crippen LogP contribution in [0.25, 0.3) is 0 Å². The number of esters is 1. The summed E-state index contributed by atoms with van der Waals surface area (Å²) in [6.07, 6.45) is 7.25. The maximum absolute atomic E-state index is 12.4. The summed E-state index contributed by atoms with van der Waals surface area (Å²) in [5.74, 6) is 0.102. The van der Waals surface area contributed by atoms with Crippen LogP contribution in [-0.2, 0) is 9.53 Å². The molecule has 3 rings (SSSR count). The molecule has 0 amide bonds. The van der Waals surface area contributed by atoms with Crippen LogP contribution in [0.1, 0.15) is 31.7 Å². The Balaban J connectivity index is 1.83. The third-order valence-electron chi connectivity index (χ3n) is 4.05. The van der Waals surface area contributed by atoms with Crippen LogP contribution in [0.5, 0.6) is 0 Å². The molecule has 2 fully saturated rings. The van der Waals surface area contributed by atoms with Crippen LogP contribution in [0.15, 0.2) is 17.2 Å². The molecule has 6 nitrogen and oxygen atoms in total. The van der Waals surface area contributed by atoms with Gasteiger partial charge in [0, 0.05) is 31.5 Å². The summed E-state index contributed by atoms with van der Waals surface area (Å²) in [5.41, 5.74) is -0.0412. The van der Waals surface area contributed by atoms with Crippen LogP contribution in [0.4, 0.5) is 5.82 Å². The Bertz CT molecular complexity index is 565. The van der Waals surface area contributed by atoms with Crippen molar-refractivity contribution in [1.82, 2.24) is 9.55 Å². The van der Waals surface area contributed by atoms with Crippen LogP contribution >= 0.6 is 0 Å². The largest absolute Gasteiger partial charge is 0.469 e. The number of nitrogens with zero attached hydrogens (tertiary/aromatic N) is 3. The van der Waals surface area contributed by atoms with E-state index in [4.69, 9.17) is 4.74 Å². The summed E-state index contributed by atoms with van der Waals surface area (Å²) in [6.45, 7) is 1.29. The minimum atomic E-state index is -0.201. The summed E-state index contributed by atoms with van der Waals surface area (Å²) in [6, 6.07) is 0.338. The number of piperidine rings is 1. The summed E-state index contributed by atoms with van der Waals surface area (Å²) < 4.78 is 6.57. The van der Waals surface area contributed by atoms with E-state index in [1.54, 1.807) is 17.0 Å². The predicted molar refractivity (Wildman–Crippen MR) is 73.7 cm³/mol. The zero-order chi connectivity index (χ0) is 14.1. The topological polar surface area (TPSA) is 64.4 Å². The first-order chi connectivity index (χ1) is 9.70. The quantitative estimate of drug-likeness (QED) is 0.770. The van der Waals surface area contributed by atoms with E-state index in [2.05, 4.69) is 4.98 Å². The summed E-state index contributed by atoms with van der Waals surface area (Å²) in [5, 5.41) is 0. The number of hydrogen-bond donors (Lipinski definition) is 0. The third kappa shape index (κ3) is 2.42. The highest BCUT2D eigenvalue weighted by molar-refractivity contribution is 5.73. The van der Waals surface area contributed by atoms with E-state index in [1.165, 1.54) is 7.11 Å². The molecule has 1 aromatic rings. The molecule has 1 aliphatic heterocycles. The molecule has 0 spiro atoms. The van der Waals surface area contributed by atoms with Crippen molar-refractivity contribution in [3.05, 3.63) is 22.7 Å². The monoisotopic (exact) mass is 277 g/mol. The van der Waals surface area contributed by atoms with Crippen LogP contribution in [-0.4, -0.2) is 35.7 Å². The van der Waals surface area contributed by atoms with Crippen molar-refractivity contribution >= 4 is 11.8 Å². The highest BCUT2D eigenvalue weighted by Gasteiger charge is 2.30. The summed E-state index contributed by atoms with van der Waals surface area (Å²) >= 11 is 0. The van der Waals surface area contributed by atoms with Crippen molar-refractivity contribution in [2.24, 2.45) is 5.92 Å². The van der Waals surface area contributed by atoms with Gasteiger partial charge >= 0.3 is 5.97 Å². The Labute approximate surface area is 117 Å². The first-order valence-corrected chi connectivity index (χ1v) is 7.10. The molecular formula is C14H19N3O3. The fourth-order valence-electron chi connectivity index (χ4n) is 2.80. The fourth-order valence-corrected chi connectivity index (χ4v) is 2.80. The van der Waals surface area contributed by atoms with E-state index in [9.17, 15) is 9.59 Å². The molecule has 0 N–H and O–H groups in total. The second-order valence-corrected chi connectivity index (χ2v) is 5.50. The minimum Gasteiger partial charge on any atom is -0.469 e. The normalized spacial score (nSPS) is 22.6. The zero-order valence-corrected chi connectivity index (χ0v) is 11.6. The van der Waals surface area contributed by atoms with Crippen molar-refractivity contribution in [2.75, 3.05) is 25.1 Å². The van der Waals surface area contributed by atoms with Crippen LogP contribution in [0.2, 0.25) is 0 Å². The number of hydrogen-bond acceptors (Lipinski definition) is 5. The number of rotatable bonds is 3. The van der Waals surface area contributed by atoms with Crippen LogP contribution in [0.3, 0.4) is 0 Å². The number of anilines is 1. The van der Waals surface area contributed by atoms with Gasteiger partial charge in [0.05, 0.1) is 13.0 Å². The van der Waals surface area contributed by atoms with E-state index >= 15 is 0 Å². The standard InChI is InChI=1S/C14H19N3O3/c1-20-14(19)10-3-2-7-16(9-10)12-13(18)17(8-6-15-12)11-4-5-11/h6,8,10-11H,2-5,7,9H2,1H3. The van der Waals surface area contributed by atoms with E-state index < -0.39 is 0 Å². The highest BCUT2D eigenvalue weighted by Crippen LogP contribution is 2.33. The zero-order valence-electron chi connectivity index (χ0n) is 11.6. The van der Waals surface area contributed by atoms with Gasteiger partial charge in [0.1, 0.15) is 0 Å². The van der Waals surface area contributed by atoms with Crippen molar-refractivity contribution in [3.8, 4) is 0 Å². The molecule has 1 aliphatic carbocycles. The van der Waals surface area contributed by atoms with Gasteiger partial charge < -0.3 is 14.2 Å². The van der Waals surface area contributed by atoms with Crippen LogP contribution in [0, 0.1) is 5.92 Å². The molecule has 20 heavy (non-hydrogen) atoms. The Morgan fingerprint density at radius 2 is 2.20 bits per heavy atom. The summed E-state index contributed by atoms with van der Waals surface area (Å²) in [7, 11) is 1.40. The molecule has 6 heteroatoms. The maximum Gasteiger partial charge on any atom is 0.310 e. The molecule has 2 heterocycles. The summed E-state index contributed by atoms with van der Waals surface area (Å²) in [4.78, 5) is 30.3. The van der Waals surface area contributed by atoms with Gasteiger partial charge in [-0.05, 0) is 25.7 Å². The van der Waals surface area contributed by atoms with Crippen molar-refractivity contribution in [1.29, 1.82) is 0 Å². The predicted octanol–water partition coefficient (Wildman–Crippen LogP) is 0.968. The first kappa shape index (κ1) is 13.1. The SMILES string of the molecule is COC(=O)C1CCCN(c2nccn(C3CC3)c2=O)C1. The lowest BCUT2D eigenvalue weighted by atomic mass is 9.98. The van der Waals surface area contributed by atoms with Gasteiger partial charge in [0.15, 0.2) is 5.82 Å². The Morgan fingerprint density at radius 3 is 2.90 bits per heavy atom. The molecule has 1 saturated carbocycles. The van der Waals surface area contributed by atoms with Crippen LogP contribution < -0.4 is 10.5 Å². The highest BCUT2D eigenvalue weighted by atomic mass is 16.5. The Morgan fingerprint density at radius 1 is 1.40 bits per heavy atom. The first-order valence-electron chi connectivity index (χ1n) is 7.10. The lowest BCUT2D eigenvalue weighted by Gasteiger charge is -2.31. The average molecular weight is 277 g/mol. The van der Waals surface area contributed by atoms with Gasteiger partial charge in [-0.2, -0.15) is 0 Å². The van der Waals surface area contributed by atoms with Gasteiger partial charge in [0.25, 0.3) is 5.56 Å². The number of methoxy groups -OCH3 is 1. The van der Waals surface area contributed by atoms with E-state index in [0.29, 0.717) is 18.4 Å². The number of carbonyl (C=O) groups is 1. The van der Waals surface area contributed by atoms with Crippen molar-refractivity contribution < 1.29 is 9.53 Å².